The number of benzene rings is 1. The largest absolute Gasteiger partial charge is 0.473 e. The van der Waals surface area contributed by atoms with Gasteiger partial charge >= 0.3 is 0 Å². The molecule has 2 rings (SSSR count). The van der Waals surface area contributed by atoms with Gasteiger partial charge in [-0.15, -0.1) is 0 Å². The van der Waals surface area contributed by atoms with Gasteiger partial charge in [-0.2, -0.15) is 0 Å². The van der Waals surface area contributed by atoms with E-state index in [1.807, 2.05) is 37.3 Å². The Morgan fingerprint density at radius 1 is 1.21 bits per heavy atom. The van der Waals surface area contributed by atoms with E-state index >= 15 is 0 Å². The smallest absolute Gasteiger partial charge is 0.227 e. The van der Waals surface area contributed by atoms with Crippen molar-refractivity contribution < 1.29 is 9.15 Å². The number of hydrogen-bond acceptors (Lipinski definition) is 3. The fourth-order valence-electron chi connectivity index (χ4n) is 1.61. The first-order chi connectivity index (χ1) is 9.31. The van der Waals surface area contributed by atoms with Gasteiger partial charge in [-0.3, -0.25) is 4.79 Å². The first-order valence-corrected chi connectivity index (χ1v) is 6.08. The molecular formula is C16H14O3. The highest BCUT2D eigenvalue weighted by atomic mass is 16.5. The number of aryl methyl sites for hydroxylation is 1. The Bertz CT molecular complexity index is 645. The van der Waals surface area contributed by atoms with Crippen molar-refractivity contribution in [3.05, 3.63) is 64.2 Å². The second-order valence-corrected chi connectivity index (χ2v) is 3.85. The molecule has 0 aliphatic carbocycles. The van der Waals surface area contributed by atoms with Gasteiger partial charge in [0.2, 0.25) is 11.2 Å². The van der Waals surface area contributed by atoms with Gasteiger partial charge in [-0.1, -0.05) is 37.0 Å². The molecule has 3 nitrogen and oxygen atoms in total. The number of hydrogen-bond donors (Lipinski definition) is 0. The monoisotopic (exact) mass is 254 g/mol. The van der Waals surface area contributed by atoms with Crippen molar-refractivity contribution in [3.63, 3.8) is 0 Å². The van der Waals surface area contributed by atoms with Gasteiger partial charge < -0.3 is 9.15 Å². The van der Waals surface area contributed by atoms with Crippen LogP contribution in [0, 0.1) is 11.8 Å². The second-order valence-electron chi connectivity index (χ2n) is 3.85. The SMILES string of the molecule is CCc1occc(=O)c1OCC#Cc1ccccc1. The Labute approximate surface area is 111 Å². The molecule has 19 heavy (non-hydrogen) atoms. The molecule has 0 saturated carbocycles. The predicted molar refractivity (Wildman–Crippen MR) is 73.2 cm³/mol. The van der Waals surface area contributed by atoms with E-state index in [1.54, 1.807) is 0 Å². The maximum Gasteiger partial charge on any atom is 0.227 e. The van der Waals surface area contributed by atoms with E-state index < -0.39 is 0 Å². The summed E-state index contributed by atoms with van der Waals surface area (Å²) < 4.78 is 10.6. The Morgan fingerprint density at radius 3 is 2.74 bits per heavy atom. The molecule has 2 aromatic rings. The van der Waals surface area contributed by atoms with Crippen LogP contribution in [-0.4, -0.2) is 6.61 Å². The van der Waals surface area contributed by atoms with Crippen molar-refractivity contribution in [2.45, 2.75) is 13.3 Å². The highest BCUT2D eigenvalue weighted by molar-refractivity contribution is 5.34. The normalized spacial score (nSPS) is 9.53. The Kier molecular flexibility index (Phi) is 4.41. The average molecular weight is 254 g/mol. The molecule has 0 aliphatic heterocycles. The zero-order valence-corrected chi connectivity index (χ0v) is 10.7. The van der Waals surface area contributed by atoms with Crippen LogP contribution in [0.25, 0.3) is 0 Å². The Hall–Kier alpha value is -2.47. The topological polar surface area (TPSA) is 39.4 Å². The average Bonchev–Trinajstić information content (AvgIpc) is 2.46. The summed E-state index contributed by atoms with van der Waals surface area (Å²) in [5, 5.41) is 0. The molecule has 96 valence electrons. The van der Waals surface area contributed by atoms with Crippen LogP contribution in [0.5, 0.6) is 5.75 Å². The van der Waals surface area contributed by atoms with Crippen molar-refractivity contribution in [1.29, 1.82) is 0 Å². The van der Waals surface area contributed by atoms with Gasteiger partial charge in [0, 0.05) is 18.1 Å². The fraction of sp³-hybridized carbons (Fsp3) is 0.188. The van der Waals surface area contributed by atoms with E-state index in [0.717, 1.165) is 5.56 Å². The molecule has 0 radical (unpaired) electrons. The van der Waals surface area contributed by atoms with Crippen LogP contribution in [0.4, 0.5) is 0 Å². The molecule has 3 heteroatoms. The first-order valence-electron chi connectivity index (χ1n) is 6.08. The van der Waals surface area contributed by atoms with E-state index in [4.69, 9.17) is 9.15 Å². The quantitative estimate of drug-likeness (QED) is 0.790. The summed E-state index contributed by atoms with van der Waals surface area (Å²) in [6.45, 7) is 2.07. The summed E-state index contributed by atoms with van der Waals surface area (Å²) in [6.07, 6.45) is 1.99. The van der Waals surface area contributed by atoms with Gasteiger partial charge in [-0.05, 0) is 12.1 Å². The molecular weight excluding hydrogens is 240 g/mol. The highest BCUT2D eigenvalue weighted by Gasteiger charge is 2.07. The van der Waals surface area contributed by atoms with E-state index in [0.29, 0.717) is 12.2 Å². The van der Waals surface area contributed by atoms with Crippen molar-refractivity contribution >= 4 is 0 Å². The van der Waals surface area contributed by atoms with Gasteiger partial charge in [0.15, 0.2) is 0 Å². The molecule has 0 aliphatic rings. The molecule has 0 atom stereocenters. The number of ether oxygens (including phenoxy) is 1. The van der Waals surface area contributed by atoms with Crippen LogP contribution in [0.1, 0.15) is 18.2 Å². The molecule has 0 saturated heterocycles. The van der Waals surface area contributed by atoms with Crippen molar-refractivity contribution in [3.8, 4) is 17.6 Å². The van der Waals surface area contributed by atoms with Crippen LogP contribution in [0.15, 0.2) is 51.9 Å². The lowest BCUT2D eigenvalue weighted by Crippen LogP contribution is -2.09. The minimum Gasteiger partial charge on any atom is -0.473 e. The summed E-state index contributed by atoms with van der Waals surface area (Å²) in [5.41, 5.74) is 0.742. The predicted octanol–water partition coefficient (Wildman–Crippen LogP) is 2.63. The molecule has 0 spiro atoms. The van der Waals surface area contributed by atoms with Crippen LogP contribution in [-0.2, 0) is 6.42 Å². The first kappa shape index (κ1) is 13.0. The summed E-state index contributed by atoms with van der Waals surface area (Å²) in [5.74, 6) is 6.65. The summed E-state index contributed by atoms with van der Waals surface area (Å²) >= 11 is 0. The molecule has 0 unspecified atom stereocenters. The highest BCUT2D eigenvalue weighted by Crippen LogP contribution is 2.12. The Morgan fingerprint density at radius 2 is 2.00 bits per heavy atom. The third-order valence-electron chi connectivity index (χ3n) is 2.52. The molecule has 0 fully saturated rings. The summed E-state index contributed by atoms with van der Waals surface area (Å²) in [7, 11) is 0. The van der Waals surface area contributed by atoms with Crippen LogP contribution in [0.2, 0.25) is 0 Å². The third kappa shape index (κ3) is 3.49. The minimum absolute atomic E-state index is 0.163. The van der Waals surface area contributed by atoms with Gasteiger partial charge in [0.1, 0.15) is 12.4 Å². The second kappa shape index (κ2) is 6.46. The maximum absolute atomic E-state index is 11.6. The lowest BCUT2D eigenvalue weighted by atomic mass is 10.2. The summed E-state index contributed by atoms with van der Waals surface area (Å²) in [6, 6.07) is 11.0. The van der Waals surface area contributed by atoms with E-state index in [9.17, 15) is 4.79 Å². The lowest BCUT2D eigenvalue weighted by Gasteiger charge is -2.04. The van der Waals surface area contributed by atoms with E-state index in [-0.39, 0.29) is 17.8 Å². The lowest BCUT2D eigenvalue weighted by molar-refractivity contribution is 0.336. The molecule has 0 N–H and O–H groups in total. The van der Waals surface area contributed by atoms with E-state index in [1.165, 1.54) is 12.3 Å². The van der Waals surface area contributed by atoms with Crippen molar-refractivity contribution in [2.75, 3.05) is 6.61 Å². The molecule has 1 aromatic carbocycles. The maximum atomic E-state index is 11.6. The van der Waals surface area contributed by atoms with Gasteiger partial charge in [-0.25, -0.2) is 0 Å². The fourth-order valence-corrected chi connectivity index (χ4v) is 1.61. The van der Waals surface area contributed by atoms with E-state index in [2.05, 4.69) is 11.8 Å². The van der Waals surface area contributed by atoms with Crippen molar-refractivity contribution in [2.24, 2.45) is 0 Å². The molecule has 1 heterocycles. The zero-order valence-electron chi connectivity index (χ0n) is 10.7. The molecule has 0 bridgehead atoms. The molecule has 0 amide bonds. The minimum atomic E-state index is -0.176. The Balaban J connectivity index is 2.05. The van der Waals surface area contributed by atoms with Gasteiger partial charge in [0.05, 0.1) is 6.26 Å². The standard InChI is InChI=1S/C16H14O3/c1-2-15-16(14(17)10-12-18-15)19-11-6-9-13-7-4-3-5-8-13/h3-5,7-8,10,12H,2,11H2,1H3. The van der Waals surface area contributed by atoms with Gasteiger partial charge in [0.25, 0.3) is 0 Å². The molecule has 1 aromatic heterocycles. The zero-order chi connectivity index (χ0) is 13.5. The number of rotatable bonds is 3. The summed E-state index contributed by atoms with van der Waals surface area (Å²) in [4.78, 5) is 11.6. The van der Waals surface area contributed by atoms with Crippen LogP contribution in [0.3, 0.4) is 0 Å². The van der Waals surface area contributed by atoms with Crippen molar-refractivity contribution in [1.82, 2.24) is 0 Å². The van der Waals surface area contributed by atoms with Crippen LogP contribution >= 0.6 is 0 Å². The van der Waals surface area contributed by atoms with Crippen LogP contribution < -0.4 is 10.2 Å². The third-order valence-corrected chi connectivity index (χ3v) is 2.52.